The second-order valence-electron chi connectivity index (χ2n) is 13.0. The molecular weight excluding hydrogens is 645 g/mol. The zero-order valence-electron chi connectivity index (χ0n) is 26.9. The topological polar surface area (TPSA) is 8.17 Å². The second-order valence-corrected chi connectivity index (χ2v) is 15.1. The van der Waals surface area contributed by atoms with Crippen LogP contribution in [0.4, 0.5) is 17.1 Å². The summed E-state index contributed by atoms with van der Waals surface area (Å²) >= 11 is 3.76. The van der Waals surface area contributed by atoms with E-state index in [1.54, 1.807) is 0 Å². The van der Waals surface area contributed by atoms with Crippen LogP contribution >= 0.6 is 22.7 Å². The molecule has 0 amide bonds. The van der Waals surface area contributed by atoms with Gasteiger partial charge in [0.1, 0.15) is 0 Å². The van der Waals surface area contributed by atoms with Gasteiger partial charge in [-0.1, -0.05) is 97.1 Å². The smallest absolute Gasteiger partial charge is 0.0640 e. The summed E-state index contributed by atoms with van der Waals surface area (Å²) in [6, 6.07) is 62.5. The Labute approximate surface area is 296 Å². The minimum Gasteiger partial charge on any atom is -0.309 e. The van der Waals surface area contributed by atoms with Crippen molar-refractivity contribution in [2.45, 2.75) is 0 Å². The normalized spacial score (nSPS) is 12.0. The average molecular weight is 673 g/mol. The van der Waals surface area contributed by atoms with Crippen molar-refractivity contribution in [1.29, 1.82) is 0 Å². The van der Waals surface area contributed by atoms with Gasteiger partial charge in [0.25, 0.3) is 0 Å². The van der Waals surface area contributed by atoms with Gasteiger partial charge >= 0.3 is 0 Å². The van der Waals surface area contributed by atoms with Crippen LogP contribution in [-0.4, -0.2) is 4.57 Å². The van der Waals surface area contributed by atoms with E-state index in [9.17, 15) is 0 Å². The Balaban J connectivity index is 1.20. The van der Waals surface area contributed by atoms with E-state index in [-0.39, 0.29) is 0 Å². The molecule has 50 heavy (non-hydrogen) atoms. The van der Waals surface area contributed by atoms with E-state index in [4.69, 9.17) is 0 Å². The largest absolute Gasteiger partial charge is 0.309 e. The van der Waals surface area contributed by atoms with E-state index in [0.29, 0.717) is 0 Å². The van der Waals surface area contributed by atoms with Crippen molar-refractivity contribution in [1.82, 2.24) is 4.57 Å². The standard InChI is InChI=1S/C46H28N2S2/c1-2-13-31(14-3-1)48-40-18-8-6-15-34(40)38-27-32(22-24-41(38)48)47(33-21-23-36-35-16-7-9-20-43(35)49-45(36)28-33)42-19-10-17-37-39-25-29-11-4-5-12-30(29)26-44(39)50-46(37)42/h1-28H. The maximum atomic E-state index is 2.48. The van der Waals surface area contributed by atoms with E-state index in [0.717, 1.165) is 11.4 Å². The number of para-hydroxylation sites is 2. The van der Waals surface area contributed by atoms with Crippen molar-refractivity contribution < 1.29 is 0 Å². The van der Waals surface area contributed by atoms with E-state index in [2.05, 4.69) is 179 Å². The lowest BCUT2D eigenvalue weighted by atomic mass is 10.1. The maximum absolute atomic E-state index is 2.48. The highest BCUT2D eigenvalue weighted by Crippen LogP contribution is 2.48. The van der Waals surface area contributed by atoms with Crippen LogP contribution in [0.2, 0.25) is 0 Å². The Morgan fingerprint density at radius 3 is 1.94 bits per heavy atom. The number of fused-ring (bicyclic) bond motifs is 10. The molecule has 0 fully saturated rings. The zero-order chi connectivity index (χ0) is 32.8. The van der Waals surface area contributed by atoms with E-state index in [1.807, 2.05) is 22.7 Å². The summed E-state index contributed by atoms with van der Waals surface area (Å²) < 4.78 is 7.61. The second kappa shape index (κ2) is 10.8. The fraction of sp³-hybridized carbons (Fsp3) is 0. The van der Waals surface area contributed by atoms with Gasteiger partial charge < -0.3 is 9.47 Å². The summed E-state index contributed by atoms with van der Waals surface area (Å²) in [7, 11) is 0. The number of hydrogen-bond donors (Lipinski definition) is 0. The van der Waals surface area contributed by atoms with Crippen molar-refractivity contribution in [3.8, 4) is 5.69 Å². The number of anilines is 3. The molecule has 0 bridgehead atoms. The molecule has 0 N–H and O–H groups in total. The van der Waals surface area contributed by atoms with Gasteiger partial charge in [-0.25, -0.2) is 0 Å². The molecule has 0 saturated heterocycles. The molecule has 0 aliphatic carbocycles. The van der Waals surface area contributed by atoms with Crippen molar-refractivity contribution in [3.63, 3.8) is 0 Å². The Hall–Kier alpha value is -5.94. The fourth-order valence-corrected chi connectivity index (χ4v) is 10.3. The molecule has 11 rings (SSSR count). The highest BCUT2D eigenvalue weighted by molar-refractivity contribution is 7.26. The molecule has 11 aromatic rings. The quantitative estimate of drug-likeness (QED) is 0.181. The number of thiophene rings is 2. The lowest BCUT2D eigenvalue weighted by Gasteiger charge is -2.26. The lowest BCUT2D eigenvalue weighted by molar-refractivity contribution is 1.18. The van der Waals surface area contributed by atoms with Crippen molar-refractivity contribution in [2.75, 3.05) is 4.90 Å². The Morgan fingerprint density at radius 1 is 0.380 bits per heavy atom. The summed E-state index contributed by atoms with van der Waals surface area (Å²) in [5, 5.41) is 10.3. The number of nitrogens with zero attached hydrogens (tertiary/aromatic N) is 2. The Morgan fingerprint density at radius 2 is 1.04 bits per heavy atom. The molecule has 0 saturated carbocycles. The van der Waals surface area contributed by atoms with Crippen LogP contribution in [0.3, 0.4) is 0 Å². The van der Waals surface area contributed by atoms with Gasteiger partial charge in [-0.15, -0.1) is 22.7 Å². The SMILES string of the molecule is c1ccc(-n2c3ccccc3c3cc(N(c4ccc5c(c4)sc4ccccc45)c4cccc5c4sc4cc6ccccc6cc45)ccc32)cc1. The molecule has 3 aromatic heterocycles. The van der Waals surface area contributed by atoms with Crippen LogP contribution in [0.5, 0.6) is 0 Å². The van der Waals surface area contributed by atoms with Crippen LogP contribution in [0.15, 0.2) is 170 Å². The van der Waals surface area contributed by atoms with Crippen LogP contribution in [0, 0.1) is 0 Å². The summed E-state index contributed by atoms with van der Waals surface area (Å²) in [5.41, 5.74) is 7.07. The molecule has 4 heteroatoms. The van der Waals surface area contributed by atoms with Gasteiger partial charge in [0, 0.05) is 63.5 Å². The average Bonchev–Trinajstić information content (AvgIpc) is 3.83. The van der Waals surface area contributed by atoms with Gasteiger partial charge in [-0.05, 0) is 83.6 Å². The molecule has 0 aliphatic rings. The van der Waals surface area contributed by atoms with E-state index < -0.39 is 0 Å². The minimum atomic E-state index is 1.14. The molecule has 234 valence electrons. The fourth-order valence-electron chi connectivity index (χ4n) is 7.88. The molecular formula is C46H28N2S2. The Kier molecular flexibility index (Phi) is 6.03. The van der Waals surface area contributed by atoms with Crippen LogP contribution in [0.1, 0.15) is 0 Å². The molecule has 0 spiro atoms. The van der Waals surface area contributed by atoms with Crippen molar-refractivity contribution in [2.24, 2.45) is 0 Å². The van der Waals surface area contributed by atoms with Crippen LogP contribution in [-0.2, 0) is 0 Å². The molecule has 3 heterocycles. The van der Waals surface area contributed by atoms with Crippen LogP contribution in [0.25, 0.3) is 78.6 Å². The van der Waals surface area contributed by atoms with E-state index in [1.165, 1.54) is 84.3 Å². The highest BCUT2D eigenvalue weighted by atomic mass is 32.1. The predicted molar refractivity (Wildman–Crippen MR) is 219 cm³/mol. The number of hydrogen-bond acceptors (Lipinski definition) is 3. The number of aromatic nitrogens is 1. The van der Waals surface area contributed by atoms with Gasteiger partial charge in [0.2, 0.25) is 0 Å². The van der Waals surface area contributed by atoms with Crippen molar-refractivity contribution >= 4 is 113 Å². The summed E-state index contributed by atoms with van der Waals surface area (Å²) in [4.78, 5) is 2.48. The molecule has 0 unspecified atom stereocenters. The third-order valence-electron chi connectivity index (χ3n) is 10.1. The molecule has 0 atom stereocenters. The van der Waals surface area contributed by atoms with Gasteiger partial charge in [-0.2, -0.15) is 0 Å². The molecule has 2 nitrogen and oxygen atoms in total. The molecule has 0 radical (unpaired) electrons. The predicted octanol–water partition coefficient (Wildman–Crippen LogP) is 14.1. The lowest BCUT2D eigenvalue weighted by Crippen LogP contribution is -2.10. The van der Waals surface area contributed by atoms with Gasteiger partial charge in [0.05, 0.1) is 21.4 Å². The summed E-state index contributed by atoms with van der Waals surface area (Å²) in [6.07, 6.45) is 0. The first-order valence-electron chi connectivity index (χ1n) is 16.9. The first-order chi connectivity index (χ1) is 24.8. The number of rotatable bonds is 4. The van der Waals surface area contributed by atoms with E-state index >= 15 is 0 Å². The monoisotopic (exact) mass is 672 g/mol. The third kappa shape index (κ3) is 4.13. The first kappa shape index (κ1) is 28.0. The summed E-state index contributed by atoms with van der Waals surface area (Å²) in [5.74, 6) is 0. The first-order valence-corrected chi connectivity index (χ1v) is 18.6. The Bertz CT molecular complexity index is 3110. The van der Waals surface area contributed by atoms with Gasteiger partial charge in [0.15, 0.2) is 0 Å². The number of benzene rings is 8. The maximum Gasteiger partial charge on any atom is 0.0640 e. The van der Waals surface area contributed by atoms with Crippen LogP contribution < -0.4 is 4.90 Å². The minimum absolute atomic E-state index is 1.14. The third-order valence-corrected chi connectivity index (χ3v) is 12.5. The summed E-state index contributed by atoms with van der Waals surface area (Å²) in [6.45, 7) is 0. The van der Waals surface area contributed by atoms with Gasteiger partial charge in [-0.3, -0.25) is 0 Å². The molecule has 8 aromatic carbocycles. The highest BCUT2D eigenvalue weighted by Gasteiger charge is 2.21. The molecule has 0 aliphatic heterocycles. The zero-order valence-corrected chi connectivity index (χ0v) is 28.5. The van der Waals surface area contributed by atoms with Crippen molar-refractivity contribution in [3.05, 3.63) is 170 Å².